The second-order valence-corrected chi connectivity index (χ2v) is 6.71. The molecular formula is C14H24BrF2NaO5S. The molecule has 0 saturated heterocycles. The van der Waals surface area contributed by atoms with Crippen molar-refractivity contribution in [3.05, 3.63) is 0 Å². The number of carbonyl (C=O) groups is 1. The molecule has 0 unspecified atom stereocenters. The smallest absolute Gasteiger partial charge is 0.691 e. The largest absolute Gasteiger partial charge is 1.00 e. The van der Waals surface area contributed by atoms with Crippen LogP contribution in [0.4, 0.5) is 8.78 Å². The summed E-state index contributed by atoms with van der Waals surface area (Å²) in [6, 6.07) is 0. The summed E-state index contributed by atoms with van der Waals surface area (Å²) in [7, 11) is 0. The molecule has 0 aromatic carbocycles. The predicted octanol–water partition coefficient (Wildman–Crippen LogP) is 1.29. The number of alkyl halides is 3. The fourth-order valence-corrected chi connectivity index (χ4v) is 2.59. The van der Waals surface area contributed by atoms with E-state index < -0.39 is 23.3 Å². The van der Waals surface area contributed by atoms with Crippen LogP contribution in [0.2, 0.25) is 0 Å². The van der Waals surface area contributed by atoms with Gasteiger partial charge < -0.3 is 9.99 Å². The van der Waals surface area contributed by atoms with E-state index in [4.69, 9.17) is 0 Å². The molecule has 0 aromatic heterocycles. The van der Waals surface area contributed by atoms with Gasteiger partial charge in [0, 0.05) is 5.33 Å². The first-order chi connectivity index (χ1) is 11.0. The molecule has 0 aliphatic rings. The number of carbonyl (C=O) groups excluding carboxylic acids is 1. The Kier molecular flexibility index (Phi) is 21.4. The molecule has 5 nitrogen and oxygen atoms in total. The van der Waals surface area contributed by atoms with Gasteiger partial charge in [-0.2, -0.15) is 13.1 Å². The summed E-state index contributed by atoms with van der Waals surface area (Å²) in [5.41, 5.74) is 0. The number of halogens is 3. The zero-order valence-electron chi connectivity index (χ0n) is 14.1. The van der Waals surface area contributed by atoms with E-state index in [0.717, 1.165) is 24.6 Å². The van der Waals surface area contributed by atoms with E-state index in [9.17, 15) is 18.8 Å². The molecule has 0 radical (unpaired) electrons. The molecule has 0 rings (SSSR count). The molecule has 0 fully saturated rings. The molecule has 0 spiro atoms. The van der Waals surface area contributed by atoms with Crippen LogP contribution in [0.1, 0.15) is 64.2 Å². The van der Waals surface area contributed by atoms with Crippen molar-refractivity contribution < 1.29 is 62.5 Å². The number of ether oxygens (including phenoxy) is 1. The van der Waals surface area contributed by atoms with Crippen LogP contribution < -0.4 is 34.8 Å². The van der Waals surface area contributed by atoms with Gasteiger partial charge in [-0.15, -0.1) is 0 Å². The Bertz CT molecular complexity index is 304. The van der Waals surface area contributed by atoms with Crippen molar-refractivity contribution in [3.63, 3.8) is 0 Å². The molecular weight excluding hydrogens is 421 g/mol. The summed E-state index contributed by atoms with van der Waals surface area (Å²) in [6.45, 7) is -0.0697. The molecule has 10 heteroatoms. The number of rotatable bonds is 16. The first-order valence-corrected chi connectivity index (χ1v) is 9.66. The Morgan fingerprint density at radius 2 is 1.42 bits per heavy atom. The first kappa shape index (κ1) is 27.3. The van der Waals surface area contributed by atoms with Gasteiger partial charge in [0.25, 0.3) is 0 Å². The second kappa shape index (κ2) is 18.8. The SMILES string of the molecule is O=C(OCCCCCCCCCCCCBr)C(F)(F)SOO[O-].[Na+]. The zero-order valence-corrected chi connectivity index (χ0v) is 18.5. The van der Waals surface area contributed by atoms with Gasteiger partial charge in [-0.25, -0.2) is 4.79 Å². The molecule has 0 aromatic rings. The minimum absolute atomic E-state index is 0. The van der Waals surface area contributed by atoms with Crippen molar-refractivity contribution in [1.82, 2.24) is 0 Å². The average Bonchev–Trinajstić information content (AvgIpc) is 2.53. The summed E-state index contributed by atoms with van der Waals surface area (Å²) in [4.78, 5) is 11.0. The van der Waals surface area contributed by atoms with Crippen molar-refractivity contribution in [1.29, 1.82) is 0 Å². The van der Waals surface area contributed by atoms with E-state index in [1.165, 1.54) is 38.5 Å². The molecule has 0 aliphatic heterocycles. The van der Waals surface area contributed by atoms with E-state index in [-0.39, 0.29) is 36.2 Å². The van der Waals surface area contributed by atoms with Gasteiger partial charge in [0.2, 0.25) is 0 Å². The van der Waals surface area contributed by atoms with Crippen LogP contribution in [0.5, 0.6) is 0 Å². The normalized spacial score (nSPS) is 11.2. The van der Waals surface area contributed by atoms with E-state index in [0.29, 0.717) is 6.42 Å². The van der Waals surface area contributed by atoms with E-state index in [1.807, 2.05) is 0 Å². The molecule has 0 heterocycles. The number of unbranched alkanes of at least 4 members (excludes halogenated alkanes) is 9. The van der Waals surface area contributed by atoms with Gasteiger partial charge in [0.15, 0.2) is 0 Å². The molecule has 0 atom stereocenters. The van der Waals surface area contributed by atoms with Crippen molar-refractivity contribution in [2.24, 2.45) is 0 Å². The average molecular weight is 445 g/mol. The second-order valence-electron chi connectivity index (χ2n) is 5.10. The molecule has 0 bridgehead atoms. The maximum atomic E-state index is 13.0. The third-order valence-electron chi connectivity index (χ3n) is 3.17. The first-order valence-electron chi connectivity index (χ1n) is 7.80. The van der Waals surface area contributed by atoms with Crippen LogP contribution in [-0.2, 0) is 18.9 Å². The topological polar surface area (TPSA) is 67.8 Å². The van der Waals surface area contributed by atoms with Crippen LogP contribution in [0.15, 0.2) is 0 Å². The summed E-state index contributed by atoms with van der Waals surface area (Å²) < 4.78 is 33.8. The maximum absolute atomic E-state index is 13.0. The van der Waals surface area contributed by atoms with Crippen LogP contribution in [-0.4, -0.2) is 23.2 Å². The summed E-state index contributed by atoms with van der Waals surface area (Å²) in [5, 5.41) is 9.34. The molecule has 0 N–H and O–H groups in total. The Morgan fingerprint density at radius 1 is 0.958 bits per heavy atom. The molecule has 0 saturated carbocycles. The minimum Gasteiger partial charge on any atom is -0.691 e. The predicted molar refractivity (Wildman–Crippen MR) is 85.6 cm³/mol. The zero-order chi connectivity index (χ0) is 17.4. The van der Waals surface area contributed by atoms with Crippen molar-refractivity contribution in [2.45, 2.75) is 69.5 Å². The van der Waals surface area contributed by atoms with Gasteiger partial charge in [-0.1, -0.05) is 67.3 Å². The Balaban J connectivity index is 0. The van der Waals surface area contributed by atoms with Crippen LogP contribution >= 0.6 is 28.0 Å². The summed E-state index contributed by atoms with van der Waals surface area (Å²) >= 11 is 2.73. The van der Waals surface area contributed by atoms with Crippen molar-refractivity contribution in [2.75, 3.05) is 11.9 Å². The van der Waals surface area contributed by atoms with Crippen LogP contribution in [0.3, 0.4) is 0 Å². The Labute approximate surface area is 177 Å². The third-order valence-corrected chi connectivity index (χ3v) is 4.23. The Morgan fingerprint density at radius 3 is 1.88 bits per heavy atom. The Hall–Kier alpha value is 1.04. The standard InChI is InChI=1S/C14H25BrF2O5S.Na/c15-11-9-7-5-3-1-2-4-6-8-10-12-20-13(18)14(16,17)23-22-21-19;/h19H,1-12H2;/q;+1/p-1. The van der Waals surface area contributed by atoms with Gasteiger partial charge in [-0.05, 0) is 12.8 Å². The van der Waals surface area contributed by atoms with Gasteiger partial charge >= 0.3 is 40.8 Å². The fourth-order valence-electron chi connectivity index (χ4n) is 1.95. The van der Waals surface area contributed by atoms with E-state index in [2.05, 4.69) is 30.0 Å². The van der Waals surface area contributed by atoms with Gasteiger partial charge in [0.05, 0.1) is 6.61 Å². The van der Waals surface area contributed by atoms with Crippen molar-refractivity contribution >= 4 is 33.9 Å². The monoisotopic (exact) mass is 444 g/mol. The number of esters is 1. The summed E-state index contributed by atoms with van der Waals surface area (Å²) in [5.74, 6) is -1.73. The quantitative estimate of drug-likeness (QED) is 0.0679. The molecule has 0 amide bonds. The number of hydrogen-bond donors (Lipinski definition) is 0. The number of hydrogen-bond acceptors (Lipinski definition) is 6. The van der Waals surface area contributed by atoms with E-state index in [1.54, 1.807) is 0 Å². The molecule has 24 heavy (non-hydrogen) atoms. The van der Waals surface area contributed by atoms with E-state index >= 15 is 0 Å². The van der Waals surface area contributed by atoms with Crippen LogP contribution in [0.25, 0.3) is 0 Å². The fraction of sp³-hybridized carbons (Fsp3) is 0.929. The minimum atomic E-state index is -3.95. The van der Waals surface area contributed by atoms with Gasteiger partial charge in [0.1, 0.15) is 12.0 Å². The van der Waals surface area contributed by atoms with Crippen molar-refractivity contribution in [3.8, 4) is 0 Å². The van der Waals surface area contributed by atoms with Crippen LogP contribution in [0, 0.1) is 0 Å². The third kappa shape index (κ3) is 16.5. The summed E-state index contributed by atoms with van der Waals surface area (Å²) in [6.07, 6.45) is 10.9. The van der Waals surface area contributed by atoms with Gasteiger partial charge in [-0.3, -0.25) is 5.04 Å². The molecule has 0 aliphatic carbocycles. The maximum Gasteiger partial charge on any atom is 1.00 e. The molecule has 138 valence electrons.